The number of halogens is 6. The maximum absolute atomic E-state index is 10.6. The van der Waals surface area contributed by atoms with Crippen LogP contribution in [0.2, 0.25) is 0 Å². The molecule has 1 aliphatic heterocycles. The number of nitrogens with one attached hydrogen (secondary N) is 1. The van der Waals surface area contributed by atoms with Crippen LogP contribution in [-0.4, -0.2) is 80.7 Å². The number of ether oxygens (including phenoxy) is 1. The summed E-state index contributed by atoms with van der Waals surface area (Å²) in [5, 5.41) is 17.7. The molecular formula is C22H25F6N5O5. The summed E-state index contributed by atoms with van der Waals surface area (Å²) in [6, 6.07) is 8.04. The van der Waals surface area contributed by atoms with E-state index in [9.17, 15) is 26.3 Å². The molecule has 1 saturated carbocycles. The van der Waals surface area contributed by atoms with Gasteiger partial charge in [0.05, 0.1) is 24.9 Å². The van der Waals surface area contributed by atoms with Crippen LogP contribution in [-0.2, 0) is 20.9 Å². The molecule has 3 N–H and O–H groups in total. The fraction of sp³-hybridized carbons (Fsp3) is 0.500. The minimum absolute atomic E-state index is 0.0726. The maximum Gasteiger partial charge on any atom is 0.490 e. The van der Waals surface area contributed by atoms with Crippen molar-refractivity contribution in [2.75, 3.05) is 31.6 Å². The first kappa shape index (κ1) is 30.7. The van der Waals surface area contributed by atoms with Crippen molar-refractivity contribution in [1.82, 2.24) is 19.9 Å². The minimum atomic E-state index is -5.08. The molecular weight excluding hydrogens is 528 g/mol. The highest BCUT2D eigenvalue weighted by molar-refractivity contribution is 5.73. The van der Waals surface area contributed by atoms with Crippen molar-refractivity contribution >= 4 is 17.8 Å². The zero-order valence-corrected chi connectivity index (χ0v) is 19.7. The van der Waals surface area contributed by atoms with Crippen LogP contribution in [0.5, 0.6) is 0 Å². The number of hydrogen-bond donors (Lipinski definition) is 3. The Morgan fingerprint density at radius 3 is 2.16 bits per heavy atom. The summed E-state index contributed by atoms with van der Waals surface area (Å²) in [5.74, 6) is -2.95. The highest BCUT2D eigenvalue weighted by Gasteiger charge is 2.39. The molecule has 16 heteroatoms. The third-order valence-electron chi connectivity index (χ3n) is 5.06. The Morgan fingerprint density at radius 1 is 1.00 bits per heavy atom. The van der Waals surface area contributed by atoms with Gasteiger partial charge in [-0.25, -0.2) is 19.6 Å². The highest BCUT2D eigenvalue weighted by Crippen LogP contribution is 2.29. The van der Waals surface area contributed by atoms with E-state index in [1.807, 2.05) is 30.6 Å². The summed E-state index contributed by atoms with van der Waals surface area (Å²) in [5.41, 5.74) is 1.06. The van der Waals surface area contributed by atoms with Crippen molar-refractivity contribution in [2.45, 2.75) is 37.8 Å². The first-order chi connectivity index (χ1) is 17.8. The zero-order valence-electron chi connectivity index (χ0n) is 19.7. The summed E-state index contributed by atoms with van der Waals surface area (Å²) in [4.78, 5) is 33.8. The molecule has 4 rings (SSSR count). The summed E-state index contributed by atoms with van der Waals surface area (Å²) in [7, 11) is 0. The molecule has 0 radical (unpaired) electrons. The van der Waals surface area contributed by atoms with Crippen molar-refractivity contribution in [1.29, 1.82) is 0 Å². The summed E-state index contributed by atoms with van der Waals surface area (Å²) in [6.07, 6.45) is -3.83. The van der Waals surface area contributed by atoms with Gasteiger partial charge in [0, 0.05) is 32.0 Å². The van der Waals surface area contributed by atoms with Gasteiger partial charge in [0.1, 0.15) is 11.6 Å². The van der Waals surface area contributed by atoms with Crippen LogP contribution >= 0.6 is 0 Å². The topological polar surface area (TPSA) is 138 Å². The number of anilines is 1. The second-order valence-electron chi connectivity index (χ2n) is 8.11. The second-order valence-corrected chi connectivity index (χ2v) is 8.11. The van der Waals surface area contributed by atoms with Crippen LogP contribution < -0.4 is 5.32 Å². The van der Waals surface area contributed by atoms with Gasteiger partial charge in [-0.05, 0) is 37.0 Å². The number of aromatic nitrogens is 3. The molecule has 1 aliphatic carbocycles. The van der Waals surface area contributed by atoms with Crippen molar-refractivity contribution < 1.29 is 50.9 Å². The molecule has 2 fully saturated rings. The van der Waals surface area contributed by atoms with Crippen molar-refractivity contribution in [3.8, 4) is 0 Å². The zero-order chi connectivity index (χ0) is 28.3. The number of morpholine rings is 1. The van der Waals surface area contributed by atoms with E-state index in [2.05, 4.69) is 26.3 Å². The fourth-order valence-electron chi connectivity index (χ4n) is 2.97. The molecule has 38 heavy (non-hydrogen) atoms. The number of alkyl halides is 6. The molecule has 2 aliphatic rings. The number of pyridine rings is 1. The molecule has 0 spiro atoms. The number of rotatable bonds is 6. The number of carboxylic acid groups (broad SMARTS) is 2. The Balaban J connectivity index is 0.000000301. The van der Waals surface area contributed by atoms with Gasteiger partial charge in [-0.15, -0.1) is 0 Å². The number of nitrogens with zero attached hydrogens (tertiary/aromatic N) is 4. The lowest BCUT2D eigenvalue weighted by molar-refractivity contribution is -0.193. The summed E-state index contributed by atoms with van der Waals surface area (Å²) >= 11 is 0. The predicted octanol–water partition coefficient (Wildman–Crippen LogP) is 3.53. The minimum Gasteiger partial charge on any atom is -0.475 e. The van der Waals surface area contributed by atoms with Crippen LogP contribution in [0.3, 0.4) is 0 Å². The van der Waals surface area contributed by atoms with Gasteiger partial charge < -0.3 is 20.3 Å². The lowest BCUT2D eigenvalue weighted by Gasteiger charge is -2.34. The van der Waals surface area contributed by atoms with Crippen LogP contribution in [0.4, 0.5) is 32.2 Å². The molecule has 1 unspecified atom stereocenters. The van der Waals surface area contributed by atoms with Crippen molar-refractivity contribution in [3.63, 3.8) is 0 Å². The molecule has 0 aromatic carbocycles. The Hall–Kier alpha value is -3.53. The Morgan fingerprint density at radius 2 is 1.63 bits per heavy atom. The number of carboxylic acids is 2. The largest absolute Gasteiger partial charge is 0.490 e. The Labute approximate surface area is 212 Å². The van der Waals surface area contributed by atoms with Crippen LogP contribution in [0.1, 0.15) is 30.4 Å². The van der Waals surface area contributed by atoms with Crippen molar-refractivity contribution in [2.24, 2.45) is 5.92 Å². The number of aliphatic carboxylic acids is 2. The van der Waals surface area contributed by atoms with E-state index in [0.29, 0.717) is 6.61 Å². The van der Waals surface area contributed by atoms with Gasteiger partial charge in [-0.3, -0.25) is 9.88 Å². The fourth-order valence-corrected chi connectivity index (χ4v) is 2.97. The average Bonchev–Trinajstić information content (AvgIpc) is 3.68. The number of carbonyl (C=O) groups is 2. The molecule has 2 aromatic heterocycles. The monoisotopic (exact) mass is 553 g/mol. The van der Waals surface area contributed by atoms with Gasteiger partial charge in [0.2, 0.25) is 0 Å². The van der Waals surface area contributed by atoms with E-state index in [1.165, 1.54) is 12.8 Å². The van der Waals surface area contributed by atoms with Crippen LogP contribution in [0, 0.1) is 5.92 Å². The molecule has 2 aromatic rings. The highest BCUT2D eigenvalue weighted by atomic mass is 19.4. The standard InChI is InChI=1S/C18H23N5O.2C2HF3O2/c1-2-7-19-15(3-1)12-23-9-10-24-13-16(23)18-20-8-6-17(22-18)21-11-14-4-5-14;2*3-2(4,5)1(6)7/h1-3,6-8,14,16H,4-5,9-13H2,(H,20,21,22);2*(H,6,7). The smallest absolute Gasteiger partial charge is 0.475 e. The van der Waals surface area contributed by atoms with Crippen LogP contribution in [0.15, 0.2) is 36.7 Å². The predicted molar refractivity (Wildman–Crippen MR) is 119 cm³/mol. The second kappa shape index (κ2) is 13.9. The van der Waals surface area contributed by atoms with Crippen molar-refractivity contribution in [3.05, 3.63) is 48.2 Å². The lowest BCUT2D eigenvalue weighted by atomic mass is 10.2. The first-order valence-corrected chi connectivity index (χ1v) is 11.2. The van der Waals surface area contributed by atoms with E-state index in [4.69, 9.17) is 29.5 Å². The van der Waals surface area contributed by atoms with Gasteiger partial charge in [-0.2, -0.15) is 26.3 Å². The summed E-state index contributed by atoms with van der Waals surface area (Å²) < 4.78 is 69.2. The molecule has 1 atom stereocenters. The van der Waals surface area contributed by atoms with Gasteiger partial charge in [-0.1, -0.05) is 6.07 Å². The van der Waals surface area contributed by atoms with Crippen LogP contribution in [0.25, 0.3) is 0 Å². The van der Waals surface area contributed by atoms with Gasteiger partial charge in [0.25, 0.3) is 0 Å². The lowest BCUT2D eigenvalue weighted by Crippen LogP contribution is -2.40. The molecule has 0 bridgehead atoms. The van der Waals surface area contributed by atoms with E-state index in [-0.39, 0.29) is 6.04 Å². The Kier molecular flexibility index (Phi) is 11.2. The molecule has 0 amide bonds. The van der Waals surface area contributed by atoms with E-state index in [1.54, 1.807) is 0 Å². The van der Waals surface area contributed by atoms with Gasteiger partial charge >= 0.3 is 24.3 Å². The van der Waals surface area contributed by atoms with Gasteiger partial charge in [0.15, 0.2) is 0 Å². The molecule has 1 saturated heterocycles. The van der Waals surface area contributed by atoms with E-state index >= 15 is 0 Å². The summed E-state index contributed by atoms with van der Waals surface area (Å²) in [6.45, 7) is 4.03. The molecule has 210 valence electrons. The Bertz CT molecular complexity index is 1010. The maximum atomic E-state index is 10.6. The normalized spacial score (nSPS) is 17.8. The first-order valence-electron chi connectivity index (χ1n) is 11.2. The third kappa shape index (κ3) is 11.2. The number of hydrogen-bond acceptors (Lipinski definition) is 8. The van der Waals surface area contributed by atoms with E-state index < -0.39 is 24.3 Å². The SMILES string of the molecule is O=C(O)C(F)(F)F.O=C(O)C(F)(F)F.c1ccc(CN2CCOCC2c2nccc(NCC3CC3)n2)nc1. The quantitative estimate of drug-likeness (QED) is 0.456. The molecule has 3 heterocycles. The van der Waals surface area contributed by atoms with E-state index in [0.717, 1.165) is 49.5 Å². The average molecular weight is 553 g/mol. The molecule has 10 nitrogen and oxygen atoms in total. The third-order valence-corrected chi connectivity index (χ3v) is 5.06.